The number of anilines is 1. The average molecular weight is 317 g/mol. The molecule has 1 aromatic rings. The minimum absolute atomic E-state index is 0.00387. The van der Waals surface area contributed by atoms with Crippen LogP contribution in [-0.4, -0.2) is 49.8 Å². The molecule has 0 unspecified atom stereocenters. The van der Waals surface area contributed by atoms with Crippen molar-refractivity contribution in [2.45, 2.75) is 44.8 Å². The van der Waals surface area contributed by atoms with E-state index in [9.17, 15) is 4.79 Å². The maximum absolute atomic E-state index is 12.3. The summed E-state index contributed by atoms with van der Waals surface area (Å²) < 4.78 is 6.09. The number of urea groups is 1. The highest BCUT2D eigenvalue weighted by molar-refractivity contribution is 5.74. The molecule has 126 valence electrons. The Kier molecular flexibility index (Phi) is 4.94. The molecule has 0 spiro atoms. The van der Waals surface area contributed by atoms with Crippen LogP contribution in [0.1, 0.15) is 32.6 Å². The van der Waals surface area contributed by atoms with Gasteiger partial charge in [-0.05, 0) is 31.9 Å². The second-order valence-electron chi connectivity index (χ2n) is 6.56. The lowest BCUT2D eigenvalue weighted by Crippen LogP contribution is -2.50. The number of para-hydroxylation sites is 2. The Morgan fingerprint density at radius 3 is 2.83 bits per heavy atom. The van der Waals surface area contributed by atoms with E-state index in [1.165, 1.54) is 12.8 Å². The highest BCUT2D eigenvalue weighted by atomic mass is 16.5. The highest BCUT2D eigenvalue weighted by Crippen LogP contribution is 2.32. The van der Waals surface area contributed by atoms with Crippen molar-refractivity contribution in [1.82, 2.24) is 10.2 Å². The van der Waals surface area contributed by atoms with Crippen LogP contribution in [0.3, 0.4) is 0 Å². The lowest BCUT2D eigenvalue weighted by Gasteiger charge is -2.37. The van der Waals surface area contributed by atoms with Crippen LogP contribution in [0.15, 0.2) is 24.3 Å². The summed E-state index contributed by atoms with van der Waals surface area (Å²) >= 11 is 0. The molecule has 1 fully saturated rings. The summed E-state index contributed by atoms with van der Waals surface area (Å²) in [7, 11) is 1.85. The minimum atomic E-state index is 0.00387. The largest absolute Gasteiger partial charge is 0.485 e. The average Bonchev–Trinajstić information content (AvgIpc) is 3.07. The molecule has 5 nitrogen and oxygen atoms in total. The van der Waals surface area contributed by atoms with E-state index in [0.29, 0.717) is 12.6 Å². The van der Waals surface area contributed by atoms with E-state index >= 15 is 0 Å². The van der Waals surface area contributed by atoms with Gasteiger partial charge in [-0.2, -0.15) is 0 Å². The maximum atomic E-state index is 12.3. The molecule has 1 atom stereocenters. The van der Waals surface area contributed by atoms with Gasteiger partial charge in [-0.3, -0.25) is 0 Å². The Balaban J connectivity index is 1.58. The van der Waals surface area contributed by atoms with Crippen molar-refractivity contribution in [2.75, 3.05) is 31.6 Å². The molecule has 2 amide bonds. The fourth-order valence-corrected chi connectivity index (χ4v) is 3.52. The fraction of sp³-hybridized carbons (Fsp3) is 0.611. The lowest BCUT2D eigenvalue weighted by atomic mass is 10.2. The van der Waals surface area contributed by atoms with Crippen molar-refractivity contribution in [2.24, 2.45) is 0 Å². The van der Waals surface area contributed by atoms with Crippen LogP contribution < -0.4 is 15.0 Å². The number of nitrogens with zero attached hydrogens (tertiary/aromatic N) is 2. The molecule has 0 radical (unpaired) electrons. The zero-order valence-corrected chi connectivity index (χ0v) is 14.1. The van der Waals surface area contributed by atoms with Gasteiger partial charge in [0.2, 0.25) is 0 Å². The Morgan fingerprint density at radius 2 is 2.09 bits per heavy atom. The molecule has 1 N–H and O–H groups in total. The smallest absolute Gasteiger partial charge is 0.317 e. The second-order valence-corrected chi connectivity index (χ2v) is 6.56. The standard InChI is InChI=1S/C18H27N3O2/c1-3-21-13-15(23-17-11-7-6-10-16(17)21)12-20(2)18(22)19-14-8-4-5-9-14/h6-7,10-11,14-15H,3-5,8-9,12-13H2,1-2H3,(H,19,22)/t15-/m0/s1. The van der Waals surface area contributed by atoms with E-state index < -0.39 is 0 Å². The molecular formula is C18H27N3O2. The van der Waals surface area contributed by atoms with E-state index in [0.717, 1.165) is 37.4 Å². The van der Waals surface area contributed by atoms with E-state index in [-0.39, 0.29) is 12.1 Å². The van der Waals surface area contributed by atoms with Gasteiger partial charge in [0.1, 0.15) is 11.9 Å². The van der Waals surface area contributed by atoms with Crippen molar-refractivity contribution in [3.05, 3.63) is 24.3 Å². The zero-order valence-electron chi connectivity index (χ0n) is 14.1. The predicted octanol–water partition coefficient (Wildman–Crippen LogP) is 2.86. The fourth-order valence-electron chi connectivity index (χ4n) is 3.52. The molecule has 1 aliphatic carbocycles. The summed E-state index contributed by atoms with van der Waals surface area (Å²) in [6, 6.07) is 8.49. The Labute approximate surface area is 138 Å². The van der Waals surface area contributed by atoms with Crippen molar-refractivity contribution in [3.8, 4) is 5.75 Å². The van der Waals surface area contributed by atoms with Crippen molar-refractivity contribution in [3.63, 3.8) is 0 Å². The molecule has 3 rings (SSSR count). The summed E-state index contributed by atoms with van der Waals surface area (Å²) in [5.41, 5.74) is 1.14. The van der Waals surface area contributed by atoms with Gasteiger partial charge >= 0.3 is 6.03 Å². The SMILES string of the molecule is CCN1C[C@H](CN(C)C(=O)NC2CCCC2)Oc2ccccc21. The maximum Gasteiger partial charge on any atom is 0.317 e. The van der Waals surface area contributed by atoms with Gasteiger partial charge < -0.3 is 19.9 Å². The normalized spacial score (nSPS) is 20.8. The van der Waals surface area contributed by atoms with Crippen molar-refractivity contribution < 1.29 is 9.53 Å². The van der Waals surface area contributed by atoms with E-state index in [1.807, 2.05) is 25.2 Å². The van der Waals surface area contributed by atoms with Crippen LogP contribution in [0.5, 0.6) is 5.75 Å². The van der Waals surface area contributed by atoms with Gasteiger partial charge in [-0.1, -0.05) is 25.0 Å². The third-order valence-electron chi connectivity index (χ3n) is 4.81. The molecule has 1 aromatic carbocycles. The molecule has 23 heavy (non-hydrogen) atoms. The van der Waals surface area contributed by atoms with Crippen LogP contribution in [0.4, 0.5) is 10.5 Å². The number of carbonyl (C=O) groups excluding carboxylic acids is 1. The van der Waals surface area contributed by atoms with Gasteiger partial charge in [-0.25, -0.2) is 4.79 Å². The molecule has 0 bridgehead atoms. The molecular weight excluding hydrogens is 290 g/mol. The number of fused-ring (bicyclic) bond motifs is 1. The Bertz CT molecular complexity index is 543. The van der Waals surface area contributed by atoms with Crippen LogP contribution in [0.25, 0.3) is 0 Å². The Hall–Kier alpha value is -1.91. The van der Waals surface area contributed by atoms with Gasteiger partial charge in [0.25, 0.3) is 0 Å². The van der Waals surface area contributed by atoms with E-state index in [4.69, 9.17) is 4.74 Å². The summed E-state index contributed by atoms with van der Waals surface area (Å²) in [6.07, 6.45) is 4.67. The number of rotatable bonds is 4. The third-order valence-corrected chi connectivity index (χ3v) is 4.81. The van der Waals surface area contributed by atoms with Crippen LogP contribution in [0, 0.1) is 0 Å². The minimum Gasteiger partial charge on any atom is -0.485 e. The van der Waals surface area contributed by atoms with Crippen molar-refractivity contribution in [1.29, 1.82) is 0 Å². The number of carbonyl (C=O) groups is 1. The molecule has 0 aromatic heterocycles. The molecule has 5 heteroatoms. The highest BCUT2D eigenvalue weighted by Gasteiger charge is 2.27. The number of nitrogens with one attached hydrogen (secondary N) is 1. The van der Waals surface area contributed by atoms with E-state index in [1.54, 1.807) is 4.90 Å². The van der Waals surface area contributed by atoms with Gasteiger partial charge in [0.05, 0.1) is 18.8 Å². The second kappa shape index (κ2) is 7.11. The van der Waals surface area contributed by atoms with E-state index in [2.05, 4.69) is 23.2 Å². The summed E-state index contributed by atoms with van der Waals surface area (Å²) in [5, 5.41) is 3.13. The number of amides is 2. The summed E-state index contributed by atoms with van der Waals surface area (Å²) in [6.45, 7) is 4.50. The monoisotopic (exact) mass is 317 g/mol. The lowest BCUT2D eigenvalue weighted by molar-refractivity contribution is 0.143. The predicted molar refractivity (Wildman–Crippen MR) is 92.2 cm³/mol. The number of benzene rings is 1. The van der Waals surface area contributed by atoms with Crippen molar-refractivity contribution >= 4 is 11.7 Å². The first-order valence-electron chi connectivity index (χ1n) is 8.69. The Morgan fingerprint density at radius 1 is 1.35 bits per heavy atom. The topological polar surface area (TPSA) is 44.8 Å². The molecule has 1 saturated carbocycles. The number of hydrogen-bond donors (Lipinski definition) is 1. The first kappa shape index (κ1) is 16.0. The first-order chi connectivity index (χ1) is 11.2. The quantitative estimate of drug-likeness (QED) is 0.929. The molecule has 0 saturated heterocycles. The molecule has 2 aliphatic rings. The van der Waals surface area contributed by atoms with Gasteiger partial charge in [0, 0.05) is 19.6 Å². The van der Waals surface area contributed by atoms with Gasteiger partial charge in [-0.15, -0.1) is 0 Å². The number of likely N-dealkylation sites (N-methyl/N-ethyl adjacent to an activating group) is 2. The third kappa shape index (κ3) is 3.71. The van der Waals surface area contributed by atoms with Crippen LogP contribution >= 0.6 is 0 Å². The molecule has 1 aliphatic heterocycles. The number of hydrogen-bond acceptors (Lipinski definition) is 3. The summed E-state index contributed by atoms with van der Waals surface area (Å²) in [5.74, 6) is 0.912. The zero-order chi connectivity index (χ0) is 16.2. The molecule has 1 heterocycles. The number of ether oxygens (including phenoxy) is 1. The van der Waals surface area contributed by atoms with Gasteiger partial charge in [0.15, 0.2) is 0 Å². The first-order valence-corrected chi connectivity index (χ1v) is 8.69. The van der Waals surface area contributed by atoms with Crippen LogP contribution in [0.2, 0.25) is 0 Å². The summed E-state index contributed by atoms with van der Waals surface area (Å²) in [4.78, 5) is 16.4. The van der Waals surface area contributed by atoms with Crippen LogP contribution in [-0.2, 0) is 0 Å².